The molecule has 0 spiro atoms. The van der Waals surface area contributed by atoms with E-state index in [-0.39, 0.29) is 11.4 Å². The van der Waals surface area contributed by atoms with E-state index in [0.29, 0.717) is 33.0 Å². The molecule has 0 amide bonds. The number of fused-ring (bicyclic) bond motifs is 2. The van der Waals surface area contributed by atoms with Gasteiger partial charge < -0.3 is 15.0 Å². The second-order valence-corrected chi connectivity index (χ2v) is 10.5. The summed E-state index contributed by atoms with van der Waals surface area (Å²) in [5, 5.41) is 0.824. The summed E-state index contributed by atoms with van der Waals surface area (Å²) >= 11 is 1.46. The number of aryl methyl sites for hydroxylation is 3. The minimum Gasteiger partial charge on any atom is -0.456 e. The number of para-hydroxylation sites is 1. The maximum Gasteiger partial charge on any atom is 0.268 e. The van der Waals surface area contributed by atoms with Crippen LogP contribution in [0.25, 0.3) is 21.2 Å². The molecule has 1 aliphatic rings. The highest BCUT2D eigenvalue weighted by Gasteiger charge is 2.22. The molecule has 5 aromatic rings. The van der Waals surface area contributed by atoms with Crippen molar-refractivity contribution in [2.24, 2.45) is 12.0 Å². The van der Waals surface area contributed by atoms with E-state index in [0.717, 1.165) is 39.2 Å². The van der Waals surface area contributed by atoms with Gasteiger partial charge in [-0.05, 0) is 73.0 Å². The number of benzene rings is 3. The molecule has 184 valence electrons. The molecule has 6 rings (SSSR count). The molecule has 0 aliphatic carbocycles. The molecule has 0 unspecified atom stereocenters. The Hall–Kier alpha value is -4.23. The summed E-state index contributed by atoms with van der Waals surface area (Å²) in [5.41, 5.74) is 12.8. The van der Waals surface area contributed by atoms with Crippen molar-refractivity contribution in [3.05, 3.63) is 105 Å². The summed E-state index contributed by atoms with van der Waals surface area (Å²) < 4.78 is 22.5. The zero-order valence-corrected chi connectivity index (χ0v) is 21.4. The molecule has 2 aromatic heterocycles. The van der Waals surface area contributed by atoms with E-state index in [1.807, 2.05) is 56.4 Å². The lowest BCUT2D eigenvalue weighted by molar-refractivity contribution is 0.474. The molecule has 3 aromatic carbocycles. The number of nitrogens with two attached hydrogens (primary N) is 1. The molecule has 5 nitrogen and oxygen atoms in total. The number of hydrogen-bond acceptors (Lipinski definition) is 5. The highest BCUT2D eigenvalue weighted by molar-refractivity contribution is 7.21. The van der Waals surface area contributed by atoms with Gasteiger partial charge >= 0.3 is 0 Å². The van der Waals surface area contributed by atoms with Crippen LogP contribution in [0.1, 0.15) is 21.6 Å². The van der Waals surface area contributed by atoms with Gasteiger partial charge in [-0.1, -0.05) is 18.2 Å². The Labute approximate surface area is 217 Å². The van der Waals surface area contributed by atoms with Crippen molar-refractivity contribution in [2.75, 3.05) is 5.73 Å². The predicted molar refractivity (Wildman–Crippen MR) is 149 cm³/mol. The second-order valence-electron chi connectivity index (χ2n) is 9.40. The molecule has 0 saturated carbocycles. The van der Waals surface area contributed by atoms with Crippen molar-refractivity contribution in [1.82, 2.24) is 4.57 Å². The van der Waals surface area contributed by atoms with Crippen molar-refractivity contribution in [2.45, 2.75) is 20.3 Å². The molecule has 37 heavy (non-hydrogen) atoms. The van der Waals surface area contributed by atoms with Crippen molar-refractivity contribution in [1.29, 1.82) is 0 Å². The van der Waals surface area contributed by atoms with Gasteiger partial charge in [-0.25, -0.2) is 4.39 Å². The van der Waals surface area contributed by atoms with Crippen LogP contribution in [-0.2, 0) is 13.5 Å². The Morgan fingerprint density at radius 3 is 2.54 bits per heavy atom. The Morgan fingerprint density at radius 1 is 1.03 bits per heavy atom. The SMILES string of the molecule is Cc1cc(F)cc(C)c1Oc1ccc(N)cc1-c1cn(C)c(=O)c2sc(C3=Nc4ccccc4C3)cc12. The average molecular weight is 510 g/mol. The van der Waals surface area contributed by atoms with E-state index in [9.17, 15) is 9.18 Å². The first-order chi connectivity index (χ1) is 17.8. The molecule has 0 atom stereocenters. The topological polar surface area (TPSA) is 69.6 Å². The Balaban J connectivity index is 1.52. The van der Waals surface area contributed by atoms with Crippen molar-refractivity contribution < 1.29 is 9.13 Å². The van der Waals surface area contributed by atoms with Gasteiger partial charge in [0.25, 0.3) is 5.56 Å². The van der Waals surface area contributed by atoms with E-state index < -0.39 is 0 Å². The molecule has 3 heterocycles. The normalized spacial score (nSPS) is 12.6. The monoisotopic (exact) mass is 509 g/mol. The highest BCUT2D eigenvalue weighted by atomic mass is 32.1. The summed E-state index contributed by atoms with van der Waals surface area (Å²) in [6, 6.07) is 18.5. The van der Waals surface area contributed by atoms with Crippen LogP contribution in [0.5, 0.6) is 11.5 Å². The zero-order valence-electron chi connectivity index (χ0n) is 20.6. The third-order valence-corrected chi connectivity index (χ3v) is 7.85. The van der Waals surface area contributed by atoms with Crippen LogP contribution in [0.15, 0.2) is 76.6 Å². The molecule has 0 fully saturated rings. The number of aromatic nitrogens is 1. The van der Waals surface area contributed by atoms with Gasteiger partial charge in [0.1, 0.15) is 22.0 Å². The van der Waals surface area contributed by atoms with Crippen LogP contribution in [0.3, 0.4) is 0 Å². The number of ether oxygens (including phenoxy) is 1. The van der Waals surface area contributed by atoms with Crippen LogP contribution >= 0.6 is 11.3 Å². The van der Waals surface area contributed by atoms with Gasteiger partial charge in [-0.15, -0.1) is 11.3 Å². The Bertz CT molecular complexity index is 1790. The van der Waals surface area contributed by atoms with Gasteiger partial charge in [0, 0.05) is 41.9 Å². The maximum absolute atomic E-state index is 13.9. The van der Waals surface area contributed by atoms with Crippen LogP contribution in [0.2, 0.25) is 0 Å². The van der Waals surface area contributed by atoms with Gasteiger partial charge in [0.05, 0.1) is 16.3 Å². The number of rotatable bonds is 4. The van der Waals surface area contributed by atoms with E-state index in [2.05, 4.69) is 6.07 Å². The fourth-order valence-corrected chi connectivity index (χ4v) is 6.02. The lowest BCUT2D eigenvalue weighted by atomic mass is 10.0. The summed E-state index contributed by atoms with van der Waals surface area (Å²) in [6.07, 6.45) is 2.55. The average Bonchev–Trinajstić information content (AvgIpc) is 3.49. The maximum atomic E-state index is 13.9. The minimum absolute atomic E-state index is 0.0669. The molecule has 0 radical (unpaired) electrons. The Morgan fingerprint density at radius 2 is 1.78 bits per heavy atom. The van der Waals surface area contributed by atoms with Crippen molar-refractivity contribution >= 4 is 38.5 Å². The summed E-state index contributed by atoms with van der Waals surface area (Å²) in [7, 11) is 1.74. The molecular formula is C30H24FN3O2S. The molecule has 2 N–H and O–H groups in total. The first-order valence-corrected chi connectivity index (χ1v) is 12.7. The highest BCUT2D eigenvalue weighted by Crippen LogP contribution is 2.42. The second kappa shape index (κ2) is 8.71. The first kappa shape index (κ1) is 23.2. The largest absolute Gasteiger partial charge is 0.456 e. The number of nitrogen functional groups attached to an aromatic ring is 1. The fourth-order valence-electron chi connectivity index (χ4n) is 4.88. The number of halogens is 1. The van der Waals surface area contributed by atoms with E-state index in [1.165, 1.54) is 29.0 Å². The lowest BCUT2D eigenvalue weighted by Crippen LogP contribution is -2.15. The number of hydrogen-bond donors (Lipinski definition) is 1. The van der Waals surface area contributed by atoms with Crippen molar-refractivity contribution in [3.63, 3.8) is 0 Å². The first-order valence-electron chi connectivity index (χ1n) is 11.9. The standard InChI is InChI=1S/C30H24FN3O2S/c1-16-10-19(31)11-17(2)28(16)36-26-9-8-20(32)13-21(26)23-15-34(3)30(35)29-22(23)14-27(37-29)25-12-18-6-4-5-7-24(18)33-25/h4-11,13-15H,12,32H2,1-3H3. The van der Waals surface area contributed by atoms with Crippen LogP contribution in [-0.4, -0.2) is 10.3 Å². The van der Waals surface area contributed by atoms with Gasteiger partial charge in [0.2, 0.25) is 0 Å². The van der Waals surface area contributed by atoms with E-state index in [4.69, 9.17) is 15.5 Å². The van der Waals surface area contributed by atoms with E-state index >= 15 is 0 Å². The van der Waals surface area contributed by atoms with Gasteiger partial charge in [-0.2, -0.15) is 0 Å². The van der Waals surface area contributed by atoms with Gasteiger partial charge in [0.15, 0.2) is 0 Å². The fraction of sp³-hybridized carbons (Fsp3) is 0.133. The third-order valence-electron chi connectivity index (χ3n) is 6.68. The van der Waals surface area contributed by atoms with Gasteiger partial charge in [-0.3, -0.25) is 9.79 Å². The number of pyridine rings is 1. The lowest BCUT2D eigenvalue weighted by Gasteiger charge is -2.17. The number of aliphatic imine (C=N–C) groups is 1. The Kier molecular flexibility index (Phi) is 5.46. The third kappa shape index (κ3) is 4.01. The summed E-state index contributed by atoms with van der Waals surface area (Å²) in [4.78, 5) is 19.0. The molecule has 0 saturated heterocycles. The smallest absolute Gasteiger partial charge is 0.268 e. The van der Waals surface area contributed by atoms with E-state index in [1.54, 1.807) is 17.7 Å². The van der Waals surface area contributed by atoms with Crippen molar-refractivity contribution in [3.8, 4) is 22.6 Å². The van der Waals surface area contributed by atoms with Crippen LogP contribution in [0, 0.1) is 19.7 Å². The summed E-state index contributed by atoms with van der Waals surface area (Å²) in [5.74, 6) is 0.866. The van der Waals surface area contributed by atoms with Crippen LogP contribution in [0.4, 0.5) is 15.8 Å². The molecular weight excluding hydrogens is 485 g/mol. The zero-order chi connectivity index (χ0) is 25.8. The number of anilines is 1. The molecule has 1 aliphatic heterocycles. The quantitative estimate of drug-likeness (QED) is 0.263. The molecule has 0 bridgehead atoms. The molecule has 7 heteroatoms. The number of thiophene rings is 1. The summed E-state index contributed by atoms with van der Waals surface area (Å²) in [6.45, 7) is 3.64. The minimum atomic E-state index is -0.303. The van der Waals surface area contributed by atoms with Crippen LogP contribution < -0.4 is 16.0 Å². The number of nitrogens with zero attached hydrogens (tertiary/aromatic N) is 2. The predicted octanol–water partition coefficient (Wildman–Crippen LogP) is 7.07.